The van der Waals surface area contributed by atoms with Crippen molar-refractivity contribution < 1.29 is 4.42 Å². The highest BCUT2D eigenvalue weighted by molar-refractivity contribution is 6.26. The summed E-state index contributed by atoms with van der Waals surface area (Å²) >= 11 is 0. The van der Waals surface area contributed by atoms with Crippen molar-refractivity contribution in [3.8, 4) is 73.2 Å². The first-order valence-corrected chi connectivity index (χ1v) is 20.8. The molecule has 0 N–H and O–H groups in total. The molecule has 5 heteroatoms. The molecule has 0 bridgehead atoms. The van der Waals surface area contributed by atoms with Gasteiger partial charge in [-0.2, -0.15) is 0 Å². The van der Waals surface area contributed by atoms with Gasteiger partial charge in [0, 0.05) is 38.5 Å². The SMILES string of the molecule is c1ccc(-c2cccc(-c3ccc(-n4c5ccccc5c5ccc6oc7cccc(-c8nc(-c9ccccc9)nc(-c9cccc(-c%10ccccc%10)c9)n8)c7c6c54)cc3)c2)cc1. The van der Waals surface area contributed by atoms with Crippen molar-refractivity contribution in [3.63, 3.8) is 0 Å². The third-order valence-corrected chi connectivity index (χ3v) is 11.9. The molecule has 5 nitrogen and oxygen atoms in total. The molecule has 0 aliphatic heterocycles. The Bertz CT molecular complexity index is 3610. The zero-order valence-electron chi connectivity index (χ0n) is 33.5. The van der Waals surface area contributed by atoms with Crippen molar-refractivity contribution in [2.75, 3.05) is 0 Å². The van der Waals surface area contributed by atoms with E-state index in [-0.39, 0.29) is 0 Å². The lowest BCUT2D eigenvalue weighted by Crippen LogP contribution is -2.00. The number of hydrogen-bond donors (Lipinski definition) is 0. The van der Waals surface area contributed by atoms with E-state index >= 15 is 0 Å². The Balaban J connectivity index is 1.07. The second-order valence-electron chi connectivity index (χ2n) is 15.6. The summed E-state index contributed by atoms with van der Waals surface area (Å²) in [6.45, 7) is 0. The van der Waals surface area contributed by atoms with Gasteiger partial charge in [0.25, 0.3) is 0 Å². The maximum atomic E-state index is 6.74. The van der Waals surface area contributed by atoms with Gasteiger partial charge in [0.2, 0.25) is 0 Å². The Kier molecular flexibility index (Phi) is 8.42. The van der Waals surface area contributed by atoms with E-state index in [1.165, 1.54) is 22.1 Å². The molecule has 0 amide bonds. The molecular formula is C57H36N4O. The van der Waals surface area contributed by atoms with Crippen LogP contribution in [0.1, 0.15) is 0 Å². The normalized spacial score (nSPS) is 11.5. The average Bonchev–Trinajstić information content (AvgIpc) is 3.91. The number of benzene rings is 9. The van der Waals surface area contributed by atoms with Crippen LogP contribution in [0.25, 0.3) is 117 Å². The smallest absolute Gasteiger partial charge is 0.164 e. The van der Waals surface area contributed by atoms with Gasteiger partial charge < -0.3 is 8.98 Å². The topological polar surface area (TPSA) is 56.7 Å². The van der Waals surface area contributed by atoms with Crippen molar-refractivity contribution in [2.45, 2.75) is 0 Å². The summed E-state index contributed by atoms with van der Waals surface area (Å²) in [6, 6.07) is 76.3. The number of fused-ring (bicyclic) bond motifs is 7. The zero-order valence-corrected chi connectivity index (χ0v) is 33.5. The minimum atomic E-state index is 0.578. The predicted molar refractivity (Wildman–Crippen MR) is 254 cm³/mol. The molecule has 0 aliphatic carbocycles. The summed E-state index contributed by atoms with van der Waals surface area (Å²) < 4.78 is 9.13. The summed E-state index contributed by atoms with van der Waals surface area (Å²) in [7, 11) is 0. The Hall–Kier alpha value is -8.41. The minimum absolute atomic E-state index is 0.578. The van der Waals surface area contributed by atoms with Crippen LogP contribution in [-0.2, 0) is 0 Å². The lowest BCUT2D eigenvalue weighted by molar-refractivity contribution is 0.669. The van der Waals surface area contributed by atoms with Crippen molar-refractivity contribution in [1.82, 2.24) is 19.5 Å². The Morgan fingerprint density at radius 1 is 0.323 bits per heavy atom. The fourth-order valence-electron chi connectivity index (χ4n) is 8.93. The van der Waals surface area contributed by atoms with Gasteiger partial charge in [-0.25, -0.2) is 15.0 Å². The maximum Gasteiger partial charge on any atom is 0.164 e. The lowest BCUT2D eigenvalue weighted by atomic mass is 9.99. The molecule has 0 radical (unpaired) electrons. The number of rotatable bonds is 7. The van der Waals surface area contributed by atoms with Crippen molar-refractivity contribution in [3.05, 3.63) is 218 Å². The van der Waals surface area contributed by atoms with E-state index in [1.807, 2.05) is 48.5 Å². The third kappa shape index (κ3) is 6.06. The molecule has 0 saturated carbocycles. The number of furan rings is 1. The monoisotopic (exact) mass is 792 g/mol. The highest BCUT2D eigenvalue weighted by Gasteiger charge is 2.23. The molecule has 0 unspecified atom stereocenters. The Morgan fingerprint density at radius 2 is 0.823 bits per heavy atom. The van der Waals surface area contributed by atoms with Gasteiger partial charge in [-0.1, -0.05) is 170 Å². The van der Waals surface area contributed by atoms with Crippen molar-refractivity contribution >= 4 is 43.7 Å². The summed E-state index contributed by atoms with van der Waals surface area (Å²) in [5, 5.41) is 4.28. The van der Waals surface area contributed by atoms with E-state index in [4.69, 9.17) is 19.4 Å². The number of aromatic nitrogens is 4. The summed E-state index contributed by atoms with van der Waals surface area (Å²) in [4.78, 5) is 15.6. The van der Waals surface area contributed by atoms with E-state index in [0.717, 1.165) is 77.4 Å². The zero-order chi connectivity index (χ0) is 41.0. The minimum Gasteiger partial charge on any atom is -0.456 e. The predicted octanol–water partition coefficient (Wildman–Crippen LogP) is 14.9. The molecule has 12 rings (SSSR count). The molecule has 3 heterocycles. The van der Waals surface area contributed by atoms with Gasteiger partial charge in [0.1, 0.15) is 11.2 Å². The van der Waals surface area contributed by atoms with Gasteiger partial charge in [-0.3, -0.25) is 0 Å². The molecule has 3 aromatic heterocycles. The lowest BCUT2D eigenvalue weighted by Gasteiger charge is -2.12. The first-order chi connectivity index (χ1) is 30.7. The second kappa shape index (κ2) is 14.7. The summed E-state index contributed by atoms with van der Waals surface area (Å²) in [6.07, 6.45) is 0. The number of hydrogen-bond acceptors (Lipinski definition) is 4. The fourth-order valence-corrected chi connectivity index (χ4v) is 8.93. The highest BCUT2D eigenvalue weighted by atomic mass is 16.3. The standard InChI is InChI=1S/C57H36N4O/c1-4-15-37(16-5-1)41-21-12-22-42(35-41)39-29-31-45(32-30-39)61-49-27-11-10-25-46(49)47-33-34-51-53(54(47)61)52-48(26-14-28-50(52)62-51)57-59-55(40-19-8-3-9-20-40)58-56(60-57)44-24-13-23-43(36-44)38-17-6-2-7-18-38/h1-36H. The van der Waals surface area contributed by atoms with Crippen LogP contribution in [0.5, 0.6) is 0 Å². The van der Waals surface area contributed by atoms with Crippen LogP contribution in [0, 0.1) is 0 Å². The fraction of sp³-hybridized carbons (Fsp3) is 0. The van der Waals surface area contributed by atoms with Crippen LogP contribution in [0.2, 0.25) is 0 Å². The van der Waals surface area contributed by atoms with Crippen LogP contribution < -0.4 is 0 Å². The van der Waals surface area contributed by atoms with E-state index in [9.17, 15) is 0 Å². The molecule has 12 aromatic rings. The van der Waals surface area contributed by atoms with E-state index in [0.29, 0.717) is 17.5 Å². The van der Waals surface area contributed by atoms with Crippen LogP contribution in [-0.4, -0.2) is 19.5 Å². The molecule has 0 spiro atoms. The van der Waals surface area contributed by atoms with E-state index in [2.05, 4.69) is 174 Å². The number of para-hydroxylation sites is 1. The van der Waals surface area contributed by atoms with Gasteiger partial charge in [0.05, 0.1) is 16.4 Å². The van der Waals surface area contributed by atoms with Gasteiger partial charge >= 0.3 is 0 Å². The quantitative estimate of drug-likeness (QED) is 0.161. The molecule has 0 atom stereocenters. The van der Waals surface area contributed by atoms with Crippen LogP contribution in [0.3, 0.4) is 0 Å². The Morgan fingerprint density at radius 3 is 1.50 bits per heavy atom. The average molecular weight is 793 g/mol. The van der Waals surface area contributed by atoms with Crippen molar-refractivity contribution in [2.24, 2.45) is 0 Å². The maximum absolute atomic E-state index is 6.74. The molecule has 0 fully saturated rings. The van der Waals surface area contributed by atoms with Crippen LogP contribution >= 0.6 is 0 Å². The van der Waals surface area contributed by atoms with Crippen molar-refractivity contribution in [1.29, 1.82) is 0 Å². The highest BCUT2D eigenvalue weighted by Crippen LogP contribution is 2.44. The van der Waals surface area contributed by atoms with Gasteiger partial charge in [0.15, 0.2) is 17.5 Å². The molecule has 9 aromatic carbocycles. The molecule has 62 heavy (non-hydrogen) atoms. The second-order valence-corrected chi connectivity index (χ2v) is 15.6. The first kappa shape index (κ1) is 35.5. The summed E-state index contributed by atoms with van der Waals surface area (Å²) in [5.74, 6) is 1.79. The van der Waals surface area contributed by atoms with Crippen LogP contribution in [0.15, 0.2) is 223 Å². The van der Waals surface area contributed by atoms with Gasteiger partial charge in [-0.05, 0) is 81.9 Å². The largest absolute Gasteiger partial charge is 0.456 e. The van der Waals surface area contributed by atoms with E-state index in [1.54, 1.807) is 0 Å². The molecule has 290 valence electrons. The summed E-state index contributed by atoms with van der Waals surface area (Å²) in [5.41, 5.74) is 14.5. The molecule has 0 saturated heterocycles. The van der Waals surface area contributed by atoms with Crippen LogP contribution in [0.4, 0.5) is 0 Å². The molecular weight excluding hydrogens is 757 g/mol. The number of nitrogens with zero attached hydrogens (tertiary/aromatic N) is 4. The van der Waals surface area contributed by atoms with Gasteiger partial charge in [-0.15, -0.1) is 0 Å². The Labute approximate surface area is 357 Å². The third-order valence-electron chi connectivity index (χ3n) is 11.9. The van der Waals surface area contributed by atoms with E-state index < -0.39 is 0 Å². The molecule has 0 aliphatic rings. The first-order valence-electron chi connectivity index (χ1n) is 20.8.